The Bertz CT molecular complexity index is 643. The maximum atomic E-state index is 12.7. The van der Waals surface area contributed by atoms with Crippen molar-refractivity contribution in [1.29, 1.82) is 0 Å². The summed E-state index contributed by atoms with van der Waals surface area (Å²) in [5, 5.41) is 2.38. The van der Waals surface area contributed by atoms with E-state index in [9.17, 15) is 9.59 Å². The highest BCUT2D eigenvalue weighted by atomic mass is 16.2. The Morgan fingerprint density at radius 2 is 1.30 bits per heavy atom. The number of amides is 2. The van der Waals surface area contributed by atoms with E-state index >= 15 is 0 Å². The average molecular weight is 377 g/mol. The lowest BCUT2D eigenvalue weighted by molar-refractivity contribution is -0.123. The number of hydrogen-bond acceptors (Lipinski definition) is 4. The van der Waals surface area contributed by atoms with Crippen LogP contribution in [0.15, 0.2) is 18.2 Å². The van der Waals surface area contributed by atoms with Crippen molar-refractivity contribution >= 4 is 23.2 Å². The second-order valence-electron chi connectivity index (χ2n) is 7.33. The van der Waals surface area contributed by atoms with E-state index in [0.29, 0.717) is 17.8 Å². The highest BCUT2D eigenvalue weighted by Gasteiger charge is 2.24. The van der Waals surface area contributed by atoms with Gasteiger partial charge in [0.2, 0.25) is 11.8 Å². The van der Waals surface area contributed by atoms with Gasteiger partial charge in [-0.25, -0.2) is 21.7 Å². The first-order valence-corrected chi connectivity index (χ1v) is 10.0. The highest BCUT2D eigenvalue weighted by molar-refractivity contribution is 5.97. The largest absolute Gasteiger partial charge is 0.273 e. The van der Waals surface area contributed by atoms with Gasteiger partial charge in [0.1, 0.15) is 0 Å². The van der Waals surface area contributed by atoms with Crippen LogP contribution in [0, 0.1) is 11.8 Å². The van der Waals surface area contributed by atoms with Gasteiger partial charge in [-0.05, 0) is 55.4 Å². The fourth-order valence-corrected chi connectivity index (χ4v) is 2.92. The number of nitrogens with zero attached hydrogens (tertiary/aromatic N) is 2. The van der Waals surface area contributed by atoms with Crippen molar-refractivity contribution in [1.82, 2.24) is 0 Å². The van der Waals surface area contributed by atoms with Crippen molar-refractivity contribution in [2.24, 2.45) is 23.5 Å². The molecule has 0 aliphatic carbocycles. The second-order valence-corrected chi connectivity index (χ2v) is 7.33. The number of carbonyl (C=O) groups excluding carboxylic acids is 2. The van der Waals surface area contributed by atoms with Gasteiger partial charge in [-0.2, -0.15) is 0 Å². The fraction of sp³-hybridized carbons (Fsp3) is 0.619. The maximum Gasteiger partial charge on any atom is 0.244 e. The number of nitrogens with two attached hydrogens (primary N) is 2. The average Bonchev–Trinajstić information content (AvgIpc) is 2.70. The van der Waals surface area contributed by atoms with E-state index in [2.05, 4.69) is 13.8 Å². The summed E-state index contributed by atoms with van der Waals surface area (Å²) in [4.78, 5) is 25.2. The minimum atomic E-state index is -0.175. The van der Waals surface area contributed by atoms with Gasteiger partial charge >= 0.3 is 0 Å². The van der Waals surface area contributed by atoms with Crippen LogP contribution in [0.4, 0.5) is 11.4 Å². The minimum absolute atomic E-state index is 0.121. The van der Waals surface area contributed by atoms with E-state index in [-0.39, 0.29) is 29.6 Å². The van der Waals surface area contributed by atoms with E-state index in [0.717, 1.165) is 24.8 Å². The van der Waals surface area contributed by atoms with Gasteiger partial charge in [-0.1, -0.05) is 41.5 Å². The van der Waals surface area contributed by atoms with Crippen LogP contribution in [-0.2, 0) is 9.59 Å². The molecule has 6 nitrogen and oxygen atoms in total. The Hall–Kier alpha value is -1.92. The third kappa shape index (κ3) is 5.53. The zero-order valence-corrected chi connectivity index (χ0v) is 17.7. The molecule has 2 unspecified atom stereocenters. The van der Waals surface area contributed by atoms with Crippen LogP contribution in [0.2, 0.25) is 0 Å². The van der Waals surface area contributed by atoms with Crippen LogP contribution in [-0.4, -0.2) is 11.8 Å². The first-order valence-electron chi connectivity index (χ1n) is 10.0. The molecular formula is C21H36N4O2. The minimum Gasteiger partial charge on any atom is -0.273 e. The molecule has 2 atom stereocenters. The Morgan fingerprint density at radius 3 is 1.70 bits per heavy atom. The lowest BCUT2D eigenvalue weighted by Crippen LogP contribution is -2.43. The van der Waals surface area contributed by atoms with Crippen LogP contribution < -0.4 is 21.7 Å². The van der Waals surface area contributed by atoms with Crippen LogP contribution in [0.1, 0.15) is 78.7 Å². The number of hydrazine groups is 2. The fourth-order valence-electron chi connectivity index (χ4n) is 2.92. The van der Waals surface area contributed by atoms with Crippen molar-refractivity contribution in [3.63, 3.8) is 0 Å². The first kappa shape index (κ1) is 23.1. The zero-order valence-electron chi connectivity index (χ0n) is 17.7. The number of rotatable bonds is 9. The molecule has 1 aromatic rings. The molecule has 1 aromatic carbocycles. The van der Waals surface area contributed by atoms with E-state index < -0.39 is 0 Å². The summed E-state index contributed by atoms with van der Waals surface area (Å²) in [6.45, 7) is 12.0. The van der Waals surface area contributed by atoms with E-state index in [1.54, 1.807) is 6.07 Å². The molecule has 0 radical (unpaired) electrons. The van der Waals surface area contributed by atoms with Crippen LogP contribution in [0.5, 0.6) is 0 Å². The number of carbonyl (C=O) groups is 2. The standard InChI is InChI=1S/C21H36N4O2/c1-7-14(5)17-11-18(24(22)20(26)15(6)8-2)13-19(12-17)25(23)21(27)16(9-3)10-4/h11-16H,7-10,22-23H2,1-6H3. The summed E-state index contributed by atoms with van der Waals surface area (Å²) < 4.78 is 0. The molecule has 0 aliphatic heterocycles. The molecule has 6 heteroatoms. The number of hydrogen-bond donors (Lipinski definition) is 2. The Balaban J connectivity index is 3.36. The molecule has 0 spiro atoms. The summed E-state index contributed by atoms with van der Waals surface area (Å²) in [7, 11) is 0. The van der Waals surface area contributed by atoms with E-state index in [1.165, 1.54) is 10.0 Å². The monoisotopic (exact) mass is 376 g/mol. The number of benzene rings is 1. The summed E-state index contributed by atoms with van der Waals surface area (Å²) in [6, 6.07) is 5.54. The maximum absolute atomic E-state index is 12.7. The SMILES string of the molecule is CCC(C)C(=O)N(N)c1cc(C(C)CC)cc(N(N)C(=O)C(CC)CC)c1. The molecule has 1 rings (SSSR count). The van der Waals surface area contributed by atoms with Crippen molar-refractivity contribution in [3.05, 3.63) is 23.8 Å². The molecule has 0 heterocycles. The van der Waals surface area contributed by atoms with Crippen molar-refractivity contribution in [3.8, 4) is 0 Å². The highest BCUT2D eigenvalue weighted by Crippen LogP contribution is 2.30. The molecule has 2 amide bonds. The lowest BCUT2D eigenvalue weighted by Gasteiger charge is -2.26. The smallest absolute Gasteiger partial charge is 0.244 e. The third-order valence-corrected chi connectivity index (χ3v) is 5.51. The zero-order chi connectivity index (χ0) is 20.7. The topological polar surface area (TPSA) is 92.7 Å². The molecule has 0 bridgehead atoms. The molecule has 0 saturated heterocycles. The first-order chi connectivity index (χ1) is 12.7. The van der Waals surface area contributed by atoms with Crippen LogP contribution in [0.25, 0.3) is 0 Å². The summed E-state index contributed by atoms with van der Waals surface area (Å²) in [6.07, 6.45) is 3.10. The van der Waals surface area contributed by atoms with Gasteiger partial charge in [-0.3, -0.25) is 9.59 Å². The van der Waals surface area contributed by atoms with Crippen LogP contribution >= 0.6 is 0 Å². The van der Waals surface area contributed by atoms with Crippen LogP contribution in [0.3, 0.4) is 0 Å². The molecule has 0 saturated carbocycles. The van der Waals surface area contributed by atoms with Gasteiger partial charge in [0.05, 0.1) is 11.4 Å². The van der Waals surface area contributed by atoms with E-state index in [1.807, 2.05) is 39.8 Å². The third-order valence-electron chi connectivity index (χ3n) is 5.51. The molecule has 152 valence electrons. The summed E-state index contributed by atoms with van der Waals surface area (Å²) in [5.41, 5.74) is 2.12. The number of anilines is 2. The normalized spacial score (nSPS) is 13.4. The Labute approximate surface area is 163 Å². The molecule has 0 aliphatic rings. The molecule has 0 aromatic heterocycles. The molecular weight excluding hydrogens is 340 g/mol. The predicted molar refractivity (Wildman–Crippen MR) is 112 cm³/mol. The van der Waals surface area contributed by atoms with Gasteiger partial charge in [-0.15, -0.1) is 0 Å². The molecule has 4 N–H and O–H groups in total. The quantitative estimate of drug-likeness (QED) is 0.385. The van der Waals surface area contributed by atoms with E-state index in [4.69, 9.17) is 11.7 Å². The van der Waals surface area contributed by atoms with Gasteiger partial charge < -0.3 is 0 Å². The summed E-state index contributed by atoms with van der Waals surface area (Å²) >= 11 is 0. The van der Waals surface area contributed by atoms with Gasteiger partial charge in [0, 0.05) is 11.8 Å². The van der Waals surface area contributed by atoms with Crippen molar-refractivity contribution < 1.29 is 9.59 Å². The Kier molecular flexibility index (Phi) is 8.93. The predicted octanol–water partition coefficient (Wildman–Crippen LogP) is 4.10. The molecule has 27 heavy (non-hydrogen) atoms. The second kappa shape index (κ2) is 10.4. The van der Waals surface area contributed by atoms with Gasteiger partial charge in [0.25, 0.3) is 0 Å². The lowest BCUT2D eigenvalue weighted by atomic mass is 9.96. The van der Waals surface area contributed by atoms with Gasteiger partial charge in [0.15, 0.2) is 0 Å². The summed E-state index contributed by atoms with van der Waals surface area (Å²) in [5.74, 6) is 12.0. The van der Waals surface area contributed by atoms with Crippen molar-refractivity contribution in [2.45, 2.75) is 73.1 Å². The van der Waals surface area contributed by atoms with Crippen molar-refractivity contribution in [2.75, 3.05) is 10.0 Å². The Morgan fingerprint density at radius 1 is 0.815 bits per heavy atom. The molecule has 0 fully saturated rings.